The Morgan fingerprint density at radius 1 is 0.957 bits per heavy atom. The minimum atomic E-state index is -0.222. The van der Waals surface area contributed by atoms with Gasteiger partial charge in [0.25, 0.3) is 0 Å². The molecule has 0 aromatic rings. The van der Waals surface area contributed by atoms with Crippen LogP contribution in [-0.4, -0.2) is 9.52 Å². The van der Waals surface area contributed by atoms with E-state index in [0.717, 1.165) is 11.5 Å². The number of rotatable bonds is 4. The molecule has 1 fully saturated rings. The van der Waals surface area contributed by atoms with Crippen molar-refractivity contribution >= 4 is 9.52 Å². The molecule has 0 aromatic carbocycles. The summed E-state index contributed by atoms with van der Waals surface area (Å²) in [7, 11) is -0.222. The zero-order valence-corrected chi connectivity index (χ0v) is 17.0. The second-order valence-corrected chi connectivity index (χ2v) is 11.1. The van der Waals surface area contributed by atoms with Crippen molar-refractivity contribution in [2.75, 3.05) is 0 Å². The van der Waals surface area contributed by atoms with E-state index >= 15 is 0 Å². The third-order valence-electron chi connectivity index (χ3n) is 7.04. The summed E-state index contributed by atoms with van der Waals surface area (Å²) in [5.74, 6) is 0.990. The highest BCUT2D eigenvalue weighted by molar-refractivity contribution is 6.45. The SMILES string of the molecule is CC1=C(C)C([SiH2]C2(CC3CCCCC3)C=CC=CC2)C(C)=C1C. The van der Waals surface area contributed by atoms with Crippen molar-refractivity contribution < 1.29 is 0 Å². The van der Waals surface area contributed by atoms with Gasteiger partial charge in [0.2, 0.25) is 0 Å². The largest absolute Gasteiger partial charge is 0.0840 e. The van der Waals surface area contributed by atoms with Gasteiger partial charge in [0.05, 0.1) is 0 Å². The van der Waals surface area contributed by atoms with Crippen LogP contribution in [0.1, 0.15) is 72.6 Å². The van der Waals surface area contributed by atoms with Crippen molar-refractivity contribution in [1.82, 2.24) is 0 Å². The van der Waals surface area contributed by atoms with E-state index in [4.69, 9.17) is 0 Å². The molecule has 1 unspecified atom stereocenters. The first-order valence-electron chi connectivity index (χ1n) is 9.72. The molecule has 0 nitrogen and oxygen atoms in total. The van der Waals surface area contributed by atoms with Gasteiger partial charge in [-0.1, -0.05) is 67.6 Å². The Kier molecular flexibility index (Phi) is 5.15. The average Bonchev–Trinajstić information content (AvgIpc) is 2.74. The molecule has 3 rings (SSSR count). The van der Waals surface area contributed by atoms with E-state index in [1.807, 2.05) is 0 Å². The lowest BCUT2D eigenvalue weighted by Gasteiger charge is -2.38. The lowest BCUT2D eigenvalue weighted by Crippen LogP contribution is -2.27. The van der Waals surface area contributed by atoms with Crippen molar-refractivity contribution in [3.63, 3.8) is 0 Å². The molecule has 0 amide bonds. The van der Waals surface area contributed by atoms with Crippen LogP contribution in [0, 0.1) is 5.92 Å². The van der Waals surface area contributed by atoms with Crippen LogP contribution < -0.4 is 0 Å². The van der Waals surface area contributed by atoms with Crippen molar-refractivity contribution in [3.05, 3.63) is 46.6 Å². The maximum absolute atomic E-state index is 2.62. The molecule has 1 saturated carbocycles. The molecular formula is C22H34Si. The molecular weight excluding hydrogens is 292 g/mol. The molecule has 0 radical (unpaired) electrons. The lowest BCUT2D eigenvalue weighted by molar-refractivity contribution is 0.313. The number of hydrogen-bond acceptors (Lipinski definition) is 0. The van der Waals surface area contributed by atoms with Crippen molar-refractivity contribution in [1.29, 1.82) is 0 Å². The monoisotopic (exact) mass is 326 g/mol. The van der Waals surface area contributed by atoms with Gasteiger partial charge in [0, 0.05) is 9.52 Å². The first-order chi connectivity index (χ1) is 11.0. The van der Waals surface area contributed by atoms with E-state index < -0.39 is 0 Å². The van der Waals surface area contributed by atoms with Crippen molar-refractivity contribution in [2.45, 2.75) is 83.2 Å². The molecule has 0 aromatic heterocycles. The topological polar surface area (TPSA) is 0 Å². The van der Waals surface area contributed by atoms with E-state index in [1.54, 1.807) is 22.3 Å². The minimum Gasteiger partial charge on any atom is -0.0840 e. The standard InChI is InChI=1S/C22H34Si/c1-16-17(2)19(4)21(18(16)3)23-22(13-9-6-10-14-22)15-20-11-7-5-8-12-20/h6,9-10,13,20-21H,5,7-8,11-12,14-15,23H2,1-4H3. The molecule has 126 valence electrons. The zero-order valence-electron chi connectivity index (χ0n) is 15.6. The first kappa shape index (κ1) is 17.0. The fourth-order valence-electron chi connectivity index (χ4n) is 5.21. The predicted octanol–water partition coefficient (Wildman–Crippen LogP) is 6.28. The molecule has 0 saturated heterocycles. The number of hydrogen-bond donors (Lipinski definition) is 0. The Morgan fingerprint density at radius 2 is 1.61 bits per heavy atom. The van der Waals surface area contributed by atoms with Crippen LogP contribution in [0.15, 0.2) is 46.6 Å². The van der Waals surface area contributed by atoms with Gasteiger partial charge in [0.1, 0.15) is 0 Å². The van der Waals surface area contributed by atoms with Crippen LogP contribution in [0.2, 0.25) is 10.6 Å². The maximum Gasteiger partial charge on any atom is 0.0454 e. The molecule has 0 heterocycles. The summed E-state index contributed by atoms with van der Waals surface area (Å²) in [6, 6.07) is 0. The summed E-state index contributed by atoms with van der Waals surface area (Å²) in [6.07, 6.45) is 19.9. The Balaban J connectivity index is 1.80. The summed E-state index contributed by atoms with van der Waals surface area (Å²) < 4.78 is 0. The quantitative estimate of drug-likeness (QED) is 0.534. The highest BCUT2D eigenvalue weighted by atomic mass is 28.2. The molecule has 3 aliphatic carbocycles. The van der Waals surface area contributed by atoms with Crippen LogP contribution in [0.3, 0.4) is 0 Å². The molecule has 0 spiro atoms. The Hall–Kier alpha value is -0.823. The van der Waals surface area contributed by atoms with Crippen LogP contribution >= 0.6 is 0 Å². The van der Waals surface area contributed by atoms with E-state index in [1.165, 1.54) is 44.9 Å². The first-order valence-corrected chi connectivity index (χ1v) is 11.2. The van der Waals surface area contributed by atoms with Gasteiger partial charge in [0.15, 0.2) is 0 Å². The van der Waals surface area contributed by atoms with Crippen LogP contribution in [0.4, 0.5) is 0 Å². The smallest absolute Gasteiger partial charge is 0.0454 e. The van der Waals surface area contributed by atoms with Gasteiger partial charge in [-0.15, -0.1) is 0 Å². The fourth-order valence-corrected chi connectivity index (χ4v) is 8.43. The summed E-state index contributed by atoms with van der Waals surface area (Å²) in [5, 5.41) is 0.537. The summed E-state index contributed by atoms with van der Waals surface area (Å²) in [4.78, 5) is 0. The molecule has 3 aliphatic rings. The summed E-state index contributed by atoms with van der Waals surface area (Å²) in [5.41, 5.74) is 7.37. The molecule has 0 bridgehead atoms. The maximum atomic E-state index is 2.62. The second-order valence-electron chi connectivity index (χ2n) is 8.43. The molecule has 0 N–H and O–H groups in total. The third-order valence-corrected chi connectivity index (χ3v) is 10.3. The van der Waals surface area contributed by atoms with Gasteiger partial charge in [-0.2, -0.15) is 0 Å². The molecule has 1 heteroatoms. The Bertz CT molecular complexity index is 545. The third kappa shape index (κ3) is 3.50. The van der Waals surface area contributed by atoms with Gasteiger partial charge in [-0.05, 0) is 68.2 Å². The van der Waals surface area contributed by atoms with E-state index in [2.05, 4.69) is 52.0 Å². The lowest BCUT2D eigenvalue weighted by atomic mass is 9.80. The van der Waals surface area contributed by atoms with Crippen molar-refractivity contribution in [3.8, 4) is 0 Å². The van der Waals surface area contributed by atoms with Gasteiger partial charge < -0.3 is 0 Å². The van der Waals surface area contributed by atoms with Crippen LogP contribution in [0.25, 0.3) is 0 Å². The highest BCUT2D eigenvalue weighted by Gasteiger charge is 2.37. The number of allylic oxidation sites excluding steroid dienone is 8. The predicted molar refractivity (Wildman–Crippen MR) is 106 cm³/mol. The van der Waals surface area contributed by atoms with Gasteiger partial charge in [-0.3, -0.25) is 0 Å². The Labute approximate surface area is 145 Å². The molecule has 23 heavy (non-hydrogen) atoms. The van der Waals surface area contributed by atoms with Gasteiger partial charge >= 0.3 is 0 Å². The highest BCUT2D eigenvalue weighted by Crippen LogP contribution is 2.51. The van der Waals surface area contributed by atoms with E-state index in [-0.39, 0.29) is 9.52 Å². The van der Waals surface area contributed by atoms with E-state index in [0.29, 0.717) is 5.04 Å². The Morgan fingerprint density at radius 3 is 2.17 bits per heavy atom. The summed E-state index contributed by atoms with van der Waals surface area (Å²) in [6.45, 7) is 9.49. The minimum absolute atomic E-state index is 0.222. The van der Waals surface area contributed by atoms with Gasteiger partial charge in [-0.25, -0.2) is 0 Å². The fraction of sp³-hybridized carbons (Fsp3) is 0.636. The van der Waals surface area contributed by atoms with Crippen LogP contribution in [0.5, 0.6) is 0 Å². The normalized spacial score (nSPS) is 30.4. The second kappa shape index (κ2) is 6.97. The van der Waals surface area contributed by atoms with E-state index in [9.17, 15) is 0 Å². The summed E-state index contributed by atoms with van der Waals surface area (Å²) >= 11 is 0. The van der Waals surface area contributed by atoms with Crippen LogP contribution in [-0.2, 0) is 0 Å². The molecule has 1 atom stereocenters. The zero-order chi connectivity index (χ0) is 16.4. The van der Waals surface area contributed by atoms with Crippen molar-refractivity contribution in [2.24, 2.45) is 5.92 Å². The average molecular weight is 327 g/mol. The molecule has 0 aliphatic heterocycles.